The molecule has 1 heterocycles. The molecule has 0 bridgehead atoms. The third-order valence-electron chi connectivity index (χ3n) is 3.44. The Balaban J connectivity index is 2.02. The number of piperazine rings is 1. The van der Waals surface area contributed by atoms with Crippen molar-refractivity contribution < 1.29 is 4.79 Å². The number of carbonyl (C=O) groups is 1. The normalized spacial score (nSPS) is 17.2. The van der Waals surface area contributed by atoms with E-state index in [1.165, 1.54) is 0 Å². The van der Waals surface area contributed by atoms with Crippen molar-refractivity contribution >= 4 is 17.5 Å². The summed E-state index contributed by atoms with van der Waals surface area (Å²) in [7, 11) is 0. The van der Waals surface area contributed by atoms with Crippen LogP contribution in [0.3, 0.4) is 0 Å². The Bertz CT molecular complexity index is 426. The van der Waals surface area contributed by atoms with E-state index in [0.717, 1.165) is 26.2 Å². The van der Waals surface area contributed by atoms with Gasteiger partial charge < -0.3 is 4.90 Å². The Morgan fingerprint density at radius 1 is 1.17 bits per heavy atom. The summed E-state index contributed by atoms with van der Waals surface area (Å²) in [6.45, 7) is 7.81. The van der Waals surface area contributed by atoms with Gasteiger partial charge in [-0.2, -0.15) is 0 Å². The van der Waals surface area contributed by atoms with Crippen LogP contribution in [-0.2, 0) is 0 Å². The Morgan fingerprint density at radius 3 is 2.33 bits per heavy atom. The van der Waals surface area contributed by atoms with Gasteiger partial charge >= 0.3 is 0 Å². The third kappa shape index (κ3) is 2.85. The van der Waals surface area contributed by atoms with Crippen molar-refractivity contribution in [2.45, 2.75) is 19.9 Å². The Kier molecular flexibility index (Phi) is 4.25. The van der Waals surface area contributed by atoms with Gasteiger partial charge in [-0.15, -0.1) is 0 Å². The number of hydrogen-bond acceptors (Lipinski definition) is 2. The van der Waals surface area contributed by atoms with Crippen molar-refractivity contribution in [3.63, 3.8) is 0 Å². The van der Waals surface area contributed by atoms with E-state index in [-0.39, 0.29) is 5.91 Å². The molecule has 1 aromatic rings. The number of amides is 1. The second-order valence-electron chi connectivity index (χ2n) is 4.90. The summed E-state index contributed by atoms with van der Waals surface area (Å²) < 4.78 is 0. The molecular formula is C14H19ClN2O. The minimum absolute atomic E-state index is 0.0454. The molecule has 98 valence electrons. The molecule has 18 heavy (non-hydrogen) atoms. The summed E-state index contributed by atoms with van der Waals surface area (Å²) in [5.41, 5.74) is 0.608. The van der Waals surface area contributed by atoms with Crippen LogP contribution in [0.5, 0.6) is 0 Å². The molecule has 4 heteroatoms. The van der Waals surface area contributed by atoms with Gasteiger partial charge in [0.1, 0.15) is 0 Å². The fourth-order valence-corrected chi connectivity index (χ4v) is 2.46. The molecule has 1 aromatic carbocycles. The van der Waals surface area contributed by atoms with E-state index in [4.69, 9.17) is 11.6 Å². The number of nitrogens with zero attached hydrogens (tertiary/aromatic N) is 2. The van der Waals surface area contributed by atoms with Crippen LogP contribution in [-0.4, -0.2) is 47.9 Å². The highest BCUT2D eigenvalue weighted by atomic mass is 35.5. The van der Waals surface area contributed by atoms with Crippen LogP contribution in [0, 0.1) is 0 Å². The van der Waals surface area contributed by atoms with E-state index >= 15 is 0 Å². The largest absolute Gasteiger partial charge is 0.336 e. The Morgan fingerprint density at radius 2 is 1.78 bits per heavy atom. The highest BCUT2D eigenvalue weighted by molar-refractivity contribution is 6.33. The maximum absolute atomic E-state index is 12.3. The molecule has 3 nitrogen and oxygen atoms in total. The summed E-state index contributed by atoms with van der Waals surface area (Å²) in [6, 6.07) is 7.79. The van der Waals surface area contributed by atoms with Gasteiger partial charge in [0, 0.05) is 32.2 Å². The summed E-state index contributed by atoms with van der Waals surface area (Å²) in [4.78, 5) is 16.6. The van der Waals surface area contributed by atoms with Crippen LogP contribution >= 0.6 is 11.6 Å². The molecule has 0 atom stereocenters. The first-order chi connectivity index (χ1) is 8.59. The fourth-order valence-electron chi connectivity index (χ4n) is 2.25. The summed E-state index contributed by atoms with van der Waals surface area (Å²) >= 11 is 6.06. The maximum Gasteiger partial charge on any atom is 0.255 e. The van der Waals surface area contributed by atoms with Gasteiger partial charge in [0.25, 0.3) is 5.91 Å². The molecule has 1 aliphatic rings. The number of hydrogen-bond donors (Lipinski definition) is 0. The molecule has 0 unspecified atom stereocenters. The van der Waals surface area contributed by atoms with Gasteiger partial charge in [0.05, 0.1) is 10.6 Å². The zero-order valence-corrected chi connectivity index (χ0v) is 11.7. The molecule has 1 aliphatic heterocycles. The van der Waals surface area contributed by atoms with Gasteiger partial charge in [-0.3, -0.25) is 9.69 Å². The predicted molar refractivity (Wildman–Crippen MR) is 74.1 cm³/mol. The molecule has 0 radical (unpaired) electrons. The van der Waals surface area contributed by atoms with Gasteiger partial charge in [0.2, 0.25) is 0 Å². The van der Waals surface area contributed by atoms with E-state index in [1.807, 2.05) is 17.0 Å². The molecule has 2 rings (SSSR count). The first kappa shape index (κ1) is 13.4. The minimum atomic E-state index is 0.0454. The molecular weight excluding hydrogens is 248 g/mol. The number of benzene rings is 1. The van der Waals surface area contributed by atoms with E-state index in [1.54, 1.807) is 12.1 Å². The molecule has 0 spiro atoms. The van der Waals surface area contributed by atoms with Crippen LogP contribution < -0.4 is 0 Å². The zero-order chi connectivity index (χ0) is 13.1. The van der Waals surface area contributed by atoms with E-state index in [9.17, 15) is 4.79 Å². The quantitative estimate of drug-likeness (QED) is 0.821. The number of rotatable bonds is 2. The predicted octanol–water partition coefficient (Wildman–Crippen LogP) is 2.51. The van der Waals surface area contributed by atoms with Crippen molar-refractivity contribution in [2.75, 3.05) is 26.2 Å². The molecule has 1 amide bonds. The minimum Gasteiger partial charge on any atom is -0.336 e. The first-order valence-electron chi connectivity index (χ1n) is 6.37. The first-order valence-corrected chi connectivity index (χ1v) is 6.75. The monoisotopic (exact) mass is 266 g/mol. The Hall–Kier alpha value is -1.06. The lowest BCUT2D eigenvalue weighted by Crippen LogP contribution is -2.50. The molecule has 0 saturated carbocycles. The second kappa shape index (κ2) is 5.72. The molecule has 0 N–H and O–H groups in total. The average molecular weight is 267 g/mol. The molecule has 1 fully saturated rings. The summed E-state index contributed by atoms with van der Waals surface area (Å²) in [6.07, 6.45) is 0. The molecule has 0 aliphatic carbocycles. The lowest BCUT2D eigenvalue weighted by molar-refractivity contribution is 0.0595. The van der Waals surface area contributed by atoms with Crippen LogP contribution in [0.2, 0.25) is 5.02 Å². The average Bonchev–Trinajstić information content (AvgIpc) is 2.38. The van der Waals surface area contributed by atoms with Gasteiger partial charge in [-0.1, -0.05) is 23.7 Å². The third-order valence-corrected chi connectivity index (χ3v) is 3.77. The van der Waals surface area contributed by atoms with E-state index in [0.29, 0.717) is 16.6 Å². The van der Waals surface area contributed by atoms with Crippen molar-refractivity contribution in [3.8, 4) is 0 Å². The fraction of sp³-hybridized carbons (Fsp3) is 0.500. The van der Waals surface area contributed by atoms with Crippen molar-refractivity contribution in [3.05, 3.63) is 34.9 Å². The number of halogens is 1. The lowest BCUT2D eigenvalue weighted by Gasteiger charge is -2.37. The van der Waals surface area contributed by atoms with Crippen molar-refractivity contribution in [2.24, 2.45) is 0 Å². The standard InChI is InChI=1S/C14H19ClN2O/c1-11(2)16-7-9-17(10-8-16)14(18)12-5-3-4-6-13(12)15/h3-6,11H,7-10H2,1-2H3. The maximum atomic E-state index is 12.3. The highest BCUT2D eigenvalue weighted by Gasteiger charge is 2.24. The zero-order valence-electron chi connectivity index (χ0n) is 10.9. The highest BCUT2D eigenvalue weighted by Crippen LogP contribution is 2.18. The van der Waals surface area contributed by atoms with Crippen LogP contribution in [0.1, 0.15) is 24.2 Å². The van der Waals surface area contributed by atoms with E-state index in [2.05, 4.69) is 18.7 Å². The smallest absolute Gasteiger partial charge is 0.255 e. The van der Waals surface area contributed by atoms with Crippen molar-refractivity contribution in [1.29, 1.82) is 0 Å². The summed E-state index contributed by atoms with van der Waals surface area (Å²) in [5.74, 6) is 0.0454. The summed E-state index contributed by atoms with van der Waals surface area (Å²) in [5, 5.41) is 0.536. The Labute approximate surface area is 113 Å². The van der Waals surface area contributed by atoms with Gasteiger partial charge in [0.15, 0.2) is 0 Å². The topological polar surface area (TPSA) is 23.6 Å². The van der Waals surface area contributed by atoms with Gasteiger partial charge in [-0.25, -0.2) is 0 Å². The SMILES string of the molecule is CC(C)N1CCN(C(=O)c2ccccc2Cl)CC1. The lowest BCUT2D eigenvalue weighted by atomic mass is 10.1. The van der Waals surface area contributed by atoms with E-state index < -0.39 is 0 Å². The van der Waals surface area contributed by atoms with Crippen LogP contribution in [0.4, 0.5) is 0 Å². The van der Waals surface area contributed by atoms with Crippen LogP contribution in [0.25, 0.3) is 0 Å². The molecule has 0 aromatic heterocycles. The second-order valence-corrected chi connectivity index (χ2v) is 5.31. The molecule has 1 saturated heterocycles. The van der Waals surface area contributed by atoms with Crippen LogP contribution in [0.15, 0.2) is 24.3 Å². The van der Waals surface area contributed by atoms with Gasteiger partial charge in [-0.05, 0) is 26.0 Å². The number of carbonyl (C=O) groups excluding carboxylic acids is 1. The van der Waals surface area contributed by atoms with Crippen molar-refractivity contribution in [1.82, 2.24) is 9.80 Å².